The number of anilines is 1. The third-order valence-electron chi connectivity index (χ3n) is 18.3. The molecule has 1 aliphatic carbocycles. The molecule has 4 aromatic carbocycles. The van der Waals surface area contributed by atoms with Crippen LogP contribution in [0.1, 0.15) is 159 Å². The number of Topliss-reactive ketones (excluding diaryl/α,β-unsaturated/α-hetero) is 2. The minimum atomic E-state index is -4.39. The highest BCUT2D eigenvalue weighted by Crippen LogP contribution is 2.49. The van der Waals surface area contributed by atoms with Crippen LogP contribution in [-0.4, -0.2) is 166 Å². The van der Waals surface area contributed by atoms with E-state index in [0.29, 0.717) is 55.8 Å². The molecule has 0 saturated carbocycles. The second kappa shape index (κ2) is 43.8. The normalized spacial score (nSPS) is 16.3. The average molecular weight is 1600 g/mol. The number of nitrogens with zero attached hydrogens (tertiary/aromatic N) is 2. The van der Waals surface area contributed by atoms with Gasteiger partial charge in [-0.25, -0.2) is 8.42 Å². The minimum absolute atomic E-state index is 0.0152. The molecule has 29 nitrogen and oxygen atoms in total. The molecule has 0 aromatic heterocycles. The van der Waals surface area contributed by atoms with Gasteiger partial charge < -0.3 is 39.7 Å². The Morgan fingerprint density at radius 1 is 0.676 bits per heavy atom. The van der Waals surface area contributed by atoms with E-state index in [4.69, 9.17) is 44.7 Å². The molecule has 4 atom stereocenters. The predicted octanol–water partition coefficient (Wildman–Crippen LogP) is 9.21. The molecule has 0 radical (unpaired) electrons. The monoisotopic (exact) mass is 1600 g/mol. The van der Waals surface area contributed by atoms with Crippen LogP contribution in [0.25, 0.3) is 0 Å². The Hall–Kier alpha value is -9.04. The highest BCUT2D eigenvalue weighted by Gasteiger charge is 2.44. The maximum absolute atomic E-state index is 14.3. The zero-order valence-electron chi connectivity index (χ0n) is 60.3. The van der Waals surface area contributed by atoms with Crippen molar-refractivity contribution in [1.29, 1.82) is 0 Å². The summed E-state index contributed by atoms with van der Waals surface area (Å²) in [5.41, 5.74) is 8.31. The summed E-state index contributed by atoms with van der Waals surface area (Å²) in [7, 11) is -18.7. The second-order valence-electron chi connectivity index (χ2n) is 27.1. The number of para-hydroxylation sites is 2. The lowest BCUT2D eigenvalue weighted by Crippen LogP contribution is -2.43. The van der Waals surface area contributed by atoms with Gasteiger partial charge in [0.25, 0.3) is 10.1 Å². The average Bonchev–Trinajstić information content (AvgIpc) is 1.60. The summed E-state index contributed by atoms with van der Waals surface area (Å²) >= 11 is 0. The van der Waals surface area contributed by atoms with Gasteiger partial charge >= 0.3 is 45.3 Å². The van der Waals surface area contributed by atoms with E-state index in [1.807, 2.05) is 36.4 Å². The van der Waals surface area contributed by atoms with Crippen LogP contribution in [0.3, 0.4) is 0 Å². The first-order valence-electron chi connectivity index (χ1n) is 34.7. The van der Waals surface area contributed by atoms with Crippen LogP contribution in [0.15, 0.2) is 150 Å². The number of allylic oxidation sites excluding steroid dienone is 7. The lowest BCUT2D eigenvalue weighted by Gasteiger charge is -2.28. The van der Waals surface area contributed by atoms with Crippen LogP contribution in [0.2, 0.25) is 0 Å². The van der Waals surface area contributed by atoms with Crippen molar-refractivity contribution in [3.05, 3.63) is 172 Å². The van der Waals surface area contributed by atoms with Crippen molar-refractivity contribution in [3.8, 4) is 5.75 Å². The number of fused-ring (bicyclic) bond motifs is 2. The molecular weight excluding hydrogens is 1510 g/mol. The summed E-state index contributed by atoms with van der Waals surface area (Å²) in [6.45, 7) is 9.52. The molecule has 1 unspecified atom stereocenters. The summed E-state index contributed by atoms with van der Waals surface area (Å²) in [5, 5.41) is 32.0. The van der Waals surface area contributed by atoms with E-state index in [1.54, 1.807) is 54.6 Å². The summed E-state index contributed by atoms with van der Waals surface area (Å²) in [5.74, 6) is -7.04. The number of aliphatic carboxylic acids is 3. The Labute approximate surface area is 631 Å². The number of benzene rings is 4. The Kier molecular flexibility index (Phi) is 37.1. The number of nitrogens with one attached hydrogen (secondary N) is 1. The van der Waals surface area contributed by atoms with Gasteiger partial charge in [-0.15, -0.1) is 25.3 Å². The number of ketones is 2. The summed E-state index contributed by atoms with van der Waals surface area (Å²) in [6, 6.07) is 31.0. The van der Waals surface area contributed by atoms with Crippen molar-refractivity contribution in [3.63, 3.8) is 0 Å². The number of ether oxygens (including phenoxy) is 1. The Morgan fingerprint density at radius 2 is 1.25 bits per heavy atom. The molecule has 4 aromatic rings. The molecule has 0 saturated heterocycles. The number of carbonyl (C=O) groups is 6. The smallest absolute Gasteiger partial charge is 0.425 e. The number of amides is 1. The fourth-order valence-corrected chi connectivity index (χ4v) is 16.2. The van der Waals surface area contributed by atoms with Crippen LogP contribution in [0, 0.1) is 11.8 Å². The second-order valence-corrected chi connectivity index (χ2v) is 33.5. The van der Waals surface area contributed by atoms with Gasteiger partial charge in [0.1, 0.15) is 23.8 Å². The summed E-state index contributed by atoms with van der Waals surface area (Å²) < 4.78 is 140. The number of rotatable bonds is 40. The largest absolute Gasteiger partial charge is 0.748 e. The van der Waals surface area contributed by atoms with Gasteiger partial charge in [-0.05, 0) is 156 Å². The molecule has 34 heteroatoms. The third-order valence-corrected chi connectivity index (χ3v) is 22.0. The molecule has 0 spiro atoms. The zero-order valence-corrected chi connectivity index (χ0v) is 64.5. The highest BCUT2D eigenvalue weighted by molar-refractivity contribution is 7.86. The third kappa shape index (κ3) is 31.6. The number of hydrogen-bond donors (Lipinski definition) is 6. The van der Waals surface area contributed by atoms with Gasteiger partial charge in [0.05, 0.1) is 39.2 Å². The van der Waals surface area contributed by atoms with Crippen LogP contribution < -0.4 is 15.0 Å². The van der Waals surface area contributed by atoms with Gasteiger partial charge in [0.2, 0.25) is 19.0 Å². The molecule has 3 aliphatic rings. The molecule has 588 valence electrons. The number of unbranched alkanes of at least 4 members (excludes halogenated alkanes) is 4. The topological polar surface area (TPSA) is 476 Å². The number of carboxylic acid groups (broad SMARTS) is 3. The molecular formula is C74H92N3O26PS4. The Bertz CT molecular complexity index is 4530. The van der Waals surface area contributed by atoms with Crippen molar-refractivity contribution in [2.24, 2.45) is 11.8 Å². The van der Waals surface area contributed by atoms with E-state index in [-0.39, 0.29) is 107 Å². The summed E-state index contributed by atoms with van der Waals surface area (Å²) in [6.07, 6.45) is 11.1. The van der Waals surface area contributed by atoms with Crippen LogP contribution in [-0.2, 0) is 108 Å². The first-order valence-corrected chi connectivity index (χ1v) is 41.9. The van der Waals surface area contributed by atoms with E-state index in [2.05, 4.69) is 78.9 Å². The molecule has 1 amide bonds. The van der Waals surface area contributed by atoms with Crippen molar-refractivity contribution < 1.29 is 124 Å². The van der Waals surface area contributed by atoms with Crippen molar-refractivity contribution in [2.75, 3.05) is 41.8 Å². The van der Waals surface area contributed by atoms with Crippen LogP contribution >= 0.6 is 7.37 Å². The SMILES string of the molecule is CC1(C)C(=CC=C2CCCC(C=CC3=[N+](CCCCS(=O)(=O)O)c4ccccc4C3(C)C)=C2Oc2ccc(C[C@H](CC(=O)[C@H](Cc3ccccc3)NC(=O)CCCCC(=O)CC[C@H](CP(=O)(O)CCCCC(=O)O)C(=O)O)C(=O)O)cc2)N(CCCCS(=O)(=O)[O-])c2ccccc21.O=C=O.O=S(=O)=O.O=S(=O)=O. The van der Waals surface area contributed by atoms with Crippen LogP contribution in [0.4, 0.5) is 11.4 Å². The maximum atomic E-state index is 14.3. The molecule has 2 heterocycles. The van der Waals surface area contributed by atoms with Gasteiger partial charge in [-0.1, -0.05) is 98.8 Å². The molecule has 0 fully saturated rings. The molecule has 108 heavy (non-hydrogen) atoms. The zero-order chi connectivity index (χ0) is 80.6. The van der Waals surface area contributed by atoms with Crippen molar-refractivity contribution in [2.45, 2.75) is 167 Å². The van der Waals surface area contributed by atoms with Gasteiger partial charge in [0, 0.05) is 97.7 Å². The molecule has 7 rings (SSSR count). The number of hydrogen-bond acceptors (Lipinski definition) is 22. The van der Waals surface area contributed by atoms with Gasteiger partial charge in [0.15, 0.2) is 11.5 Å². The van der Waals surface area contributed by atoms with Crippen molar-refractivity contribution >= 4 is 107 Å². The number of carboxylic acids is 3. The molecule has 6 N–H and O–H groups in total. The highest BCUT2D eigenvalue weighted by atomic mass is 32.2. The Morgan fingerprint density at radius 3 is 1.86 bits per heavy atom. The predicted molar refractivity (Wildman–Crippen MR) is 395 cm³/mol. The van der Waals surface area contributed by atoms with E-state index < -0.39 is 125 Å². The fourth-order valence-electron chi connectivity index (χ4n) is 13.1. The van der Waals surface area contributed by atoms with E-state index in [9.17, 15) is 74.4 Å². The number of carbonyl (C=O) groups excluding carboxylic acids is 5. The standard InChI is InChI=1S/C73H92N3O18PS2.CO2.2O3S/c1-72(2)59-26-9-11-28-62(59)75(42-15-18-45-96(88,89)90)65(72)40-35-53-23-20-24-54(36-41-66-73(3,4)60-27-10-12-29-63(60)76(66)43-16-19-46-97(91,92)93)69(53)94-58-38-32-52(33-39-58)47-56(71(84)85)49-64(78)61(48-51-21-6-5-7-22-51)74-67(79)30-13-8-25-57(77)37-34-55(70(82)83)50-95(86,87)44-17-14-31-68(80)81;2-1-3;2*1-4(2)3/h5-7,9-12,21-22,26-29,32-33,35-36,38-41,55-56,61H,8,13-20,23-25,30-31,34,37,42-50H2,1-4H3,(H6-,74,79,80,81,82,83,84,85,86,87,88,89,90,91,92,93);;;/t55-,56-,61+;;;/m1.../s1. The summed E-state index contributed by atoms with van der Waals surface area (Å²) in [4.78, 5) is 105. The van der Waals surface area contributed by atoms with E-state index in [0.717, 1.165) is 57.0 Å². The lowest BCUT2D eigenvalue weighted by molar-refractivity contribution is -0.438. The van der Waals surface area contributed by atoms with E-state index >= 15 is 0 Å². The van der Waals surface area contributed by atoms with Crippen molar-refractivity contribution in [1.82, 2.24) is 5.32 Å². The van der Waals surface area contributed by atoms with Gasteiger partial charge in [-0.2, -0.15) is 22.6 Å². The molecule has 2 aliphatic heterocycles. The minimum Gasteiger partial charge on any atom is -0.748 e. The molecule has 0 bridgehead atoms. The maximum Gasteiger partial charge on any atom is 0.425 e. The van der Waals surface area contributed by atoms with Crippen LogP contribution in [0.5, 0.6) is 5.75 Å². The lowest BCUT2D eigenvalue weighted by atomic mass is 9.81. The first kappa shape index (κ1) is 91.3. The quantitative estimate of drug-likeness (QED) is 0.0104. The first-order chi connectivity index (χ1) is 50.7. The van der Waals surface area contributed by atoms with E-state index in [1.165, 1.54) is 0 Å². The Balaban J connectivity index is 0.00000210. The van der Waals surface area contributed by atoms with Gasteiger partial charge in [-0.3, -0.25) is 37.9 Å². The fraction of sp³-hybridized carbons (Fsp3) is 0.459.